The number of hydrogen-bond donors (Lipinski definition) is 7. The van der Waals surface area contributed by atoms with Crippen molar-refractivity contribution in [2.75, 3.05) is 115 Å². The zero-order chi connectivity index (χ0) is 108. The minimum Gasteiger partial charge on any atom is -1.00 e. The van der Waals surface area contributed by atoms with E-state index in [1.165, 1.54) is 56.3 Å². The van der Waals surface area contributed by atoms with Gasteiger partial charge in [0.1, 0.15) is 76.4 Å². The van der Waals surface area contributed by atoms with Gasteiger partial charge in [-0.25, -0.2) is 39.5 Å². The van der Waals surface area contributed by atoms with E-state index in [1.807, 2.05) is 208 Å². The monoisotopic (exact) mass is 2130 g/mol. The number of esters is 2. The first kappa shape index (κ1) is 138. The molecule has 2 saturated heterocycles. The fraction of sp³-hybridized carbons (Fsp3) is 0.446. The topological polar surface area (TPSA) is 506 Å². The van der Waals surface area contributed by atoms with Gasteiger partial charge in [0.25, 0.3) is 17.7 Å². The van der Waals surface area contributed by atoms with Crippen LogP contribution >= 0.6 is 15.9 Å². The van der Waals surface area contributed by atoms with Gasteiger partial charge in [-0.05, 0) is 194 Å². The van der Waals surface area contributed by atoms with E-state index in [4.69, 9.17) is 33.5 Å². The number of H-pyrrole nitrogens is 1. The molecule has 14 rings (SSSR count). The molecule has 9 aromatic rings. The van der Waals surface area contributed by atoms with E-state index >= 15 is 0 Å². The van der Waals surface area contributed by atoms with Gasteiger partial charge in [0.2, 0.25) is 5.91 Å². The second kappa shape index (κ2) is 78.2. The maximum Gasteiger partial charge on any atom is 0.408 e. The van der Waals surface area contributed by atoms with Crippen molar-refractivity contribution in [2.45, 2.75) is 183 Å². The zero-order valence-corrected chi connectivity index (χ0v) is 90.9. The van der Waals surface area contributed by atoms with Crippen LogP contribution in [-0.4, -0.2) is 290 Å². The summed E-state index contributed by atoms with van der Waals surface area (Å²) in [6, 6.07) is 51.6. The number of quaternary nitrogens is 1. The molecule has 3 fully saturated rings. The number of nitrogens with one attached hydrogen (secondary N) is 6. The number of likely N-dealkylation sites (N-methyl/N-ethyl adjacent to an activating group) is 1. The number of hydroxylamine groups is 3. The lowest BCUT2D eigenvalue weighted by Crippen LogP contribution is -3.00. The molecule has 4 unspecified atom stereocenters. The lowest BCUT2D eigenvalue weighted by molar-refractivity contribution is -0.378. The average molecular weight is 2140 g/mol. The molecular formula is C101H151BrCl2N18O23. The molecular weight excluding hydrogens is 1980 g/mol. The van der Waals surface area contributed by atoms with Crippen molar-refractivity contribution in [2.24, 2.45) is 0 Å². The molecule has 0 radical (unpaired) electrons. The molecule has 12 heterocycles. The molecule has 1 saturated carbocycles. The van der Waals surface area contributed by atoms with Crippen LogP contribution in [0.2, 0.25) is 0 Å². The molecule has 10 N–H and O–H groups in total. The highest BCUT2D eigenvalue weighted by molar-refractivity contribution is 9.08. The number of ketones is 3. The summed E-state index contributed by atoms with van der Waals surface area (Å²) in [5.41, 5.74) is 4.57. The third kappa shape index (κ3) is 62.8. The summed E-state index contributed by atoms with van der Waals surface area (Å²) in [6.45, 7) is 30.2. The van der Waals surface area contributed by atoms with E-state index in [0.29, 0.717) is 50.4 Å². The Bertz CT molecular complexity index is 4570. The Hall–Kier alpha value is -13.3. The van der Waals surface area contributed by atoms with Crippen molar-refractivity contribution < 1.29 is 146 Å². The molecule has 44 heteroatoms. The van der Waals surface area contributed by atoms with Crippen molar-refractivity contribution in [3.63, 3.8) is 0 Å². The van der Waals surface area contributed by atoms with Crippen molar-refractivity contribution in [3.8, 4) is 0 Å². The van der Waals surface area contributed by atoms with E-state index < -0.39 is 64.8 Å². The van der Waals surface area contributed by atoms with Crippen molar-refractivity contribution in [3.05, 3.63) is 261 Å². The molecule has 1 aromatic carbocycles. The number of Topliss-reactive ketones (excluding diaryl/α,β-unsaturated/α-hetero) is 3. The van der Waals surface area contributed by atoms with Gasteiger partial charge in [-0.3, -0.25) is 68.4 Å². The number of carboxylic acids is 1. The maximum absolute atomic E-state index is 12.3. The highest BCUT2D eigenvalue weighted by atomic mass is 79.9. The van der Waals surface area contributed by atoms with Crippen LogP contribution in [-0.2, 0) is 96.0 Å². The number of rotatable bonds is 15. The van der Waals surface area contributed by atoms with Gasteiger partial charge >= 0.3 is 36.2 Å². The number of carbonyl (C=O) groups is 13. The SMILES string of the molecule is CBr.CC(=O)CNC(=O)OC(C)(C)C.CC(=O)C[NH3+].CC(=O)N1CCN2C(=O)c3cccn3CC12C.CC(C)(C)OC(=O)NCC(=O)O.CC12Cn3cccc3C(=O)N1CCN2.CNOC.COC(=O)C1(OC)CCC(OC)C1.COC(=O)c1cccn1CC(C)=O.CON(C)C(=O)CNC(=O)OC(C)(C)C.[Cl-].[Cl-].c1cc[nH+]cc1.c1ccccc1.c1ccncc1.c1ccncc1.c1ccncc1.c1ccncc1. The Kier molecular flexibility index (Phi) is 74.4. The largest absolute Gasteiger partial charge is 1.00 e. The van der Waals surface area contributed by atoms with Crippen LogP contribution in [0.4, 0.5) is 14.4 Å². The normalized spacial score (nSPS) is 15.3. The van der Waals surface area contributed by atoms with Crippen molar-refractivity contribution in [1.29, 1.82) is 0 Å². The van der Waals surface area contributed by atoms with Crippen molar-refractivity contribution >= 4 is 93.1 Å². The molecule has 8 aromatic heterocycles. The molecule has 4 aliphatic heterocycles. The van der Waals surface area contributed by atoms with Crippen LogP contribution < -0.4 is 62.3 Å². The van der Waals surface area contributed by atoms with Crippen LogP contribution in [0.5, 0.6) is 0 Å². The molecule has 804 valence electrons. The summed E-state index contributed by atoms with van der Waals surface area (Å²) >= 11 is 2.94. The molecule has 1 aliphatic carbocycles. The number of ether oxygens (including phenoxy) is 7. The minimum absolute atomic E-state index is 0. The summed E-state index contributed by atoms with van der Waals surface area (Å²) in [5, 5.41) is 19.3. The van der Waals surface area contributed by atoms with E-state index in [0.717, 1.165) is 36.8 Å². The average Bonchev–Trinajstić information content (AvgIpc) is 1.61. The number of benzene rings is 1. The van der Waals surface area contributed by atoms with Gasteiger partial charge in [-0.1, -0.05) is 82.7 Å². The summed E-state index contributed by atoms with van der Waals surface area (Å²) in [7, 11) is 12.0. The Labute approximate surface area is 873 Å². The van der Waals surface area contributed by atoms with Gasteiger partial charge < -0.3 is 118 Å². The fourth-order valence-electron chi connectivity index (χ4n) is 12.0. The van der Waals surface area contributed by atoms with Gasteiger partial charge in [-0.15, -0.1) is 0 Å². The summed E-state index contributed by atoms with van der Waals surface area (Å²) in [4.78, 5) is 176. The number of fused-ring (bicyclic) bond motifs is 4. The number of hydrogen-bond acceptors (Lipinski definition) is 28. The number of carbonyl (C=O) groups excluding carboxylic acids is 12. The Morgan fingerprint density at radius 2 is 0.924 bits per heavy atom. The van der Waals surface area contributed by atoms with E-state index in [-0.39, 0.29) is 103 Å². The molecule has 4 atom stereocenters. The molecule has 145 heavy (non-hydrogen) atoms. The number of methoxy groups -OCH3 is 4. The predicted molar refractivity (Wildman–Crippen MR) is 543 cm³/mol. The maximum atomic E-state index is 12.3. The van der Waals surface area contributed by atoms with Crippen LogP contribution in [0, 0.1) is 0 Å². The molecule has 41 nitrogen and oxygen atoms in total. The minimum atomic E-state index is -1.10. The van der Waals surface area contributed by atoms with Crippen LogP contribution in [0.3, 0.4) is 0 Å². The first-order valence-corrected chi connectivity index (χ1v) is 46.7. The number of alkyl halides is 1. The molecule has 5 aliphatic rings. The van der Waals surface area contributed by atoms with Gasteiger partial charge in [0.15, 0.2) is 23.8 Å². The number of aromatic nitrogens is 8. The smallest absolute Gasteiger partial charge is 0.408 e. The van der Waals surface area contributed by atoms with E-state index in [2.05, 4.69) is 94.7 Å². The number of aliphatic carboxylic acids is 1. The lowest BCUT2D eigenvalue weighted by atomic mass is 10.0. The third-order valence-corrected chi connectivity index (χ3v) is 18.6. The highest BCUT2D eigenvalue weighted by Gasteiger charge is 2.51. The number of amides is 7. The number of carboxylic acid groups (broad SMARTS) is 1. The first-order chi connectivity index (χ1) is 67.6. The summed E-state index contributed by atoms with van der Waals surface area (Å²) in [5.74, 6) is -0.121. The van der Waals surface area contributed by atoms with Crippen LogP contribution in [0.15, 0.2) is 244 Å². The molecule has 7 amide bonds. The third-order valence-electron chi connectivity index (χ3n) is 18.6. The number of alkyl carbamates (subject to hydrolysis) is 3. The number of nitrogens with zero attached hydrogens (tertiary/aromatic N) is 11. The Morgan fingerprint density at radius 1 is 0.531 bits per heavy atom. The quantitative estimate of drug-likeness (QED) is 0.0315. The van der Waals surface area contributed by atoms with Gasteiger partial charge in [0, 0.05) is 155 Å². The summed E-state index contributed by atoms with van der Waals surface area (Å²) in [6.07, 6.45) is 23.6. The lowest BCUT2D eigenvalue weighted by Gasteiger charge is -2.44. The molecule has 0 spiro atoms. The second-order valence-corrected chi connectivity index (χ2v) is 33.5. The zero-order valence-electron chi connectivity index (χ0n) is 87.8. The standard InChI is InChI=1S/C12H15N3O2.C10H13N3O.C9H18N2O4.C9H11NO3.C9H16O4.C8H15NO3.C7H13NO4.C6H6.5C5H5N.C3H7NO.C2H7NO.CH3Br.2ClH/c1-9(16)14-6-7-15-11(17)10-4-3-5-13(10)8-12(14,15)2;1-10-7-12-5-2-3-8(12)9(14)13(10)6-4-11-10;1-9(2,3)15-8(13)10-6-7(12)11(4)14-5;1-7(11)6-10-5-3-4-8(10)9(12)13-2;1-11-7-4-5-9(6-7,13-3)8(10)12-2;1-6(10)5-9-7(11)12-8(2,3)4;1-7(2,3)12-6(11)8-4-5(9)10;6*1-2-4-6-5-3-1;1-3(5)2-4;1-3-4-2;1-2;;/h3-5H,6-8H2,1-2H3;2-3,5,11H,4,6-7H2,1H3;6H2,1-5H3,(H,10,13);3-5H,6H2,1-2H3;7H,4-6H2,1-3H3;5H2,1-4H3,(H,9,11);4H2,1-3H3,(H,8,11)(H,9,10);1-6H;5*1-5H;2,4H2,1H3;3H,1-2H3;1H3;2*1H. The van der Waals surface area contributed by atoms with Crippen LogP contribution in [0.25, 0.3) is 0 Å². The Balaban J connectivity index is -0.000000745. The van der Waals surface area contributed by atoms with Crippen LogP contribution in [0.1, 0.15) is 155 Å². The number of aromatic amines is 1. The number of halogens is 3. The Morgan fingerprint density at radius 3 is 1.23 bits per heavy atom. The van der Waals surface area contributed by atoms with Crippen molar-refractivity contribution in [1.82, 2.24) is 80.1 Å². The second-order valence-electron chi connectivity index (χ2n) is 33.5. The molecule has 0 bridgehead atoms. The number of pyridine rings is 5. The fourth-order valence-corrected chi connectivity index (χ4v) is 12.0. The van der Waals surface area contributed by atoms with E-state index in [1.54, 1.807) is 168 Å². The predicted octanol–water partition coefficient (Wildman–Crippen LogP) is 4.74. The summed E-state index contributed by atoms with van der Waals surface area (Å²) < 4.78 is 39.8. The highest BCUT2D eigenvalue weighted by Crippen LogP contribution is 2.36. The van der Waals surface area contributed by atoms with E-state index in [9.17, 15) is 62.3 Å². The van der Waals surface area contributed by atoms with Gasteiger partial charge in [0.05, 0.1) is 60.7 Å². The van der Waals surface area contributed by atoms with Gasteiger partial charge in [-0.2, -0.15) is 0 Å². The first-order valence-electron chi connectivity index (χ1n) is 45.1.